The van der Waals surface area contributed by atoms with Gasteiger partial charge < -0.3 is 16.0 Å². The lowest BCUT2D eigenvalue weighted by atomic mass is 9.95. The van der Waals surface area contributed by atoms with Crippen LogP contribution in [0.3, 0.4) is 0 Å². The van der Waals surface area contributed by atoms with Gasteiger partial charge in [-0.15, -0.1) is 22.7 Å². The summed E-state index contributed by atoms with van der Waals surface area (Å²) in [7, 11) is 0. The van der Waals surface area contributed by atoms with Gasteiger partial charge in [0.15, 0.2) is 5.16 Å². The molecule has 0 aliphatic heterocycles. The fraction of sp³-hybridized carbons (Fsp3) is 0.250. The molecule has 7 nitrogen and oxygen atoms in total. The first kappa shape index (κ1) is 22.8. The molecular weight excluding hydrogens is 488 g/mol. The number of hydrogen-bond donors (Lipinski definition) is 3. The van der Waals surface area contributed by atoms with E-state index in [-0.39, 0.29) is 17.2 Å². The molecule has 174 valence electrons. The van der Waals surface area contributed by atoms with Gasteiger partial charge >= 0.3 is 0 Å². The van der Waals surface area contributed by atoms with Crippen LogP contribution >= 0.6 is 34.4 Å². The monoisotopic (exact) mass is 510 g/mol. The summed E-state index contributed by atoms with van der Waals surface area (Å²) in [6.45, 7) is 1.98. The summed E-state index contributed by atoms with van der Waals surface area (Å²) in [5, 5.41) is 4.31. The number of aryl methyl sites for hydroxylation is 2. The number of nitrogens with two attached hydrogens (primary N) is 1. The van der Waals surface area contributed by atoms with E-state index in [0.29, 0.717) is 25.9 Å². The first-order valence-electron chi connectivity index (χ1n) is 10.9. The van der Waals surface area contributed by atoms with Gasteiger partial charge in [0.05, 0.1) is 16.7 Å². The normalized spacial score (nSPS) is 13.1. The highest BCUT2D eigenvalue weighted by Gasteiger charge is 2.25. The highest BCUT2D eigenvalue weighted by atomic mass is 32.2. The third-order valence-corrected chi connectivity index (χ3v) is 8.87. The van der Waals surface area contributed by atoms with Gasteiger partial charge in [0.1, 0.15) is 9.83 Å². The maximum atomic E-state index is 12.9. The summed E-state index contributed by atoms with van der Waals surface area (Å²) >= 11 is 4.05. The largest absolute Gasteiger partial charge is 0.365 e. The Bertz CT molecular complexity index is 1470. The molecule has 5 rings (SSSR count). The molecule has 3 aromatic heterocycles. The first-order valence-corrected chi connectivity index (χ1v) is 13.5. The maximum Gasteiger partial charge on any atom is 0.260 e. The van der Waals surface area contributed by atoms with Gasteiger partial charge in [0.2, 0.25) is 5.91 Å². The van der Waals surface area contributed by atoms with Crippen molar-refractivity contribution < 1.29 is 9.59 Å². The van der Waals surface area contributed by atoms with E-state index in [1.54, 1.807) is 0 Å². The molecule has 34 heavy (non-hydrogen) atoms. The molecule has 0 unspecified atom stereocenters. The van der Waals surface area contributed by atoms with Crippen molar-refractivity contribution in [3.05, 3.63) is 61.6 Å². The van der Waals surface area contributed by atoms with Crippen LogP contribution in [0.25, 0.3) is 21.3 Å². The molecule has 1 aliphatic rings. The topological polar surface area (TPSA) is 118 Å². The van der Waals surface area contributed by atoms with Crippen LogP contribution in [0.1, 0.15) is 38.5 Å². The van der Waals surface area contributed by atoms with E-state index >= 15 is 0 Å². The molecule has 0 radical (unpaired) electrons. The minimum Gasteiger partial charge on any atom is -0.365 e. The fourth-order valence-electron chi connectivity index (χ4n) is 4.33. The zero-order valence-electron chi connectivity index (χ0n) is 18.4. The lowest BCUT2D eigenvalue weighted by molar-refractivity contribution is -0.113. The van der Waals surface area contributed by atoms with Crippen LogP contribution in [0.4, 0.5) is 5.00 Å². The van der Waals surface area contributed by atoms with Crippen molar-refractivity contribution in [3.63, 3.8) is 0 Å². The van der Waals surface area contributed by atoms with Crippen molar-refractivity contribution >= 4 is 61.5 Å². The van der Waals surface area contributed by atoms with Gasteiger partial charge in [-0.05, 0) is 43.7 Å². The molecule has 1 aliphatic carbocycles. The molecule has 1 aromatic carbocycles. The van der Waals surface area contributed by atoms with Crippen molar-refractivity contribution in [2.45, 2.75) is 37.8 Å². The van der Waals surface area contributed by atoms with Crippen LogP contribution in [0, 0.1) is 6.92 Å². The molecule has 3 heterocycles. The van der Waals surface area contributed by atoms with Gasteiger partial charge in [-0.3, -0.25) is 14.4 Å². The summed E-state index contributed by atoms with van der Waals surface area (Å²) in [5.74, 6) is -0.743. The Hall–Kier alpha value is -2.95. The average Bonchev–Trinajstić information content (AvgIpc) is 3.35. The molecule has 4 N–H and O–H groups in total. The Morgan fingerprint density at radius 1 is 1.18 bits per heavy atom. The van der Waals surface area contributed by atoms with Gasteiger partial charge in [-0.25, -0.2) is 4.98 Å². The van der Waals surface area contributed by atoms with Crippen LogP contribution < -0.4 is 16.6 Å². The number of benzene rings is 1. The summed E-state index contributed by atoms with van der Waals surface area (Å²) in [5.41, 5.74) is 8.67. The lowest BCUT2D eigenvalue weighted by Gasteiger charge is -2.11. The highest BCUT2D eigenvalue weighted by Crippen LogP contribution is 2.38. The Morgan fingerprint density at radius 3 is 2.71 bits per heavy atom. The zero-order chi connectivity index (χ0) is 23.8. The van der Waals surface area contributed by atoms with Gasteiger partial charge in [-0.1, -0.05) is 42.1 Å². The summed E-state index contributed by atoms with van der Waals surface area (Å²) < 4.78 is 0. The van der Waals surface area contributed by atoms with Gasteiger partial charge in [0, 0.05) is 15.3 Å². The number of amides is 2. The number of fused-ring (bicyclic) bond motifs is 2. The van der Waals surface area contributed by atoms with Crippen molar-refractivity contribution in [2.24, 2.45) is 5.73 Å². The van der Waals surface area contributed by atoms with E-state index in [1.807, 2.05) is 37.3 Å². The number of nitrogens with zero attached hydrogens (tertiary/aromatic N) is 1. The van der Waals surface area contributed by atoms with Crippen molar-refractivity contribution in [3.8, 4) is 11.1 Å². The van der Waals surface area contributed by atoms with E-state index < -0.39 is 5.91 Å². The lowest BCUT2D eigenvalue weighted by Crippen LogP contribution is -2.19. The number of primary amides is 1. The second kappa shape index (κ2) is 9.36. The van der Waals surface area contributed by atoms with E-state index in [9.17, 15) is 14.4 Å². The first-order chi connectivity index (χ1) is 16.4. The minimum atomic E-state index is -0.513. The summed E-state index contributed by atoms with van der Waals surface area (Å²) in [6, 6.07) is 9.77. The highest BCUT2D eigenvalue weighted by molar-refractivity contribution is 7.99. The Labute approximate surface area is 207 Å². The third kappa shape index (κ3) is 4.28. The quantitative estimate of drug-likeness (QED) is 0.256. The Kier molecular flexibility index (Phi) is 6.28. The van der Waals surface area contributed by atoms with Crippen LogP contribution in [-0.2, 0) is 17.6 Å². The molecule has 10 heteroatoms. The second-order valence-corrected chi connectivity index (χ2v) is 11.3. The van der Waals surface area contributed by atoms with E-state index in [1.165, 1.54) is 22.7 Å². The number of H-pyrrole nitrogens is 1. The smallest absolute Gasteiger partial charge is 0.260 e. The molecule has 4 aromatic rings. The average molecular weight is 511 g/mol. The second-order valence-electron chi connectivity index (χ2n) is 8.07. The number of thiophene rings is 2. The Morgan fingerprint density at radius 2 is 1.94 bits per heavy atom. The number of hydrogen-bond acceptors (Lipinski definition) is 7. The van der Waals surface area contributed by atoms with E-state index in [4.69, 9.17) is 5.73 Å². The van der Waals surface area contributed by atoms with E-state index in [0.717, 1.165) is 63.9 Å². The minimum absolute atomic E-state index is 0.0467. The molecule has 2 amide bonds. The molecule has 0 saturated carbocycles. The van der Waals surface area contributed by atoms with Crippen LogP contribution in [0.2, 0.25) is 0 Å². The van der Waals surface area contributed by atoms with Gasteiger partial charge in [-0.2, -0.15) is 0 Å². The predicted octanol–water partition coefficient (Wildman–Crippen LogP) is 4.73. The van der Waals surface area contributed by atoms with Crippen molar-refractivity contribution in [1.29, 1.82) is 0 Å². The van der Waals surface area contributed by atoms with Crippen molar-refractivity contribution in [1.82, 2.24) is 9.97 Å². The number of carbonyl (C=O) groups is 2. The summed E-state index contributed by atoms with van der Waals surface area (Å²) in [6.07, 6.45) is 3.81. The third-order valence-electron chi connectivity index (χ3n) is 5.79. The van der Waals surface area contributed by atoms with Crippen LogP contribution in [0.15, 0.2) is 40.3 Å². The number of rotatable bonds is 6. The van der Waals surface area contributed by atoms with Crippen LogP contribution in [-0.4, -0.2) is 27.5 Å². The Balaban J connectivity index is 1.35. The maximum absolute atomic E-state index is 12.9. The number of aromatic amines is 1. The van der Waals surface area contributed by atoms with Crippen molar-refractivity contribution in [2.75, 3.05) is 11.1 Å². The SMILES string of the molecule is Cc1sc2nc(SCC(=O)Nc3sc4c(c3C(N)=O)CCCC4)[nH]c(=O)c2c1-c1ccccc1. The zero-order valence-corrected chi connectivity index (χ0v) is 20.8. The molecule has 0 spiro atoms. The number of carbonyl (C=O) groups excluding carboxylic acids is 2. The fourth-order valence-corrected chi connectivity index (χ4v) is 7.41. The molecular formula is C24H22N4O3S3. The molecule has 0 fully saturated rings. The summed E-state index contributed by atoms with van der Waals surface area (Å²) in [4.78, 5) is 47.8. The molecule has 0 saturated heterocycles. The number of nitrogens with one attached hydrogen (secondary N) is 2. The molecule has 0 bridgehead atoms. The van der Waals surface area contributed by atoms with Gasteiger partial charge in [0.25, 0.3) is 11.5 Å². The standard InChI is InChI=1S/C24H22N4O3S3/c1-12-17(13-7-3-2-4-8-13)19-21(31)27-24(28-23(19)33-12)32-11-16(29)26-22-18(20(25)30)14-9-5-6-10-15(14)34-22/h2-4,7-8H,5-6,9-11H2,1H3,(H2,25,30)(H,26,29)(H,27,28,31). The number of thioether (sulfide) groups is 1. The van der Waals surface area contributed by atoms with Crippen LogP contribution in [0.5, 0.6) is 0 Å². The number of aromatic nitrogens is 2. The number of anilines is 1. The molecule has 0 atom stereocenters. The predicted molar refractivity (Wildman–Crippen MR) is 139 cm³/mol. The van der Waals surface area contributed by atoms with E-state index in [2.05, 4.69) is 15.3 Å².